The smallest absolute Gasteiger partial charge is 0.287 e. The first-order chi connectivity index (χ1) is 17.2. The van der Waals surface area contributed by atoms with E-state index in [9.17, 15) is 4.57 Å². The minimum atomic E-state index is -3.44. The van der Waals surface area contributed by atoms with Crippen LogP contribution in [0.4, 0.5) is 0 Å². The van der Waals surface area contributed by atoms with Crippen molar-refractivity contribution in [3.63, 3.8) is 0 Å². The molecule has 0 atom stereocenters. The van der Waals surface area contributed by atoms with Crippen molar-refractivity contribution in [2.75, 3.05) is 13.2 Å². The maximum atomic E-state index is 13.3. The Hall–Kier alpha value is 0.110. The second kappa shape index (κ2) is 24.4. The lowest BCUT2D eigenvalue weighted by molar-refractivity contribution is 0.0600. The van der Waals surface area contributed by atoms with Crippen molar-refractivity contribution >= 4 is 7.82 Å². The fourth-order valence-corrected chi connectivity index (χ4v) is 6.46. The lowest BCUT2D eigenvalue weighted by atomic mass is 9.98. The summed E-state index contributed by atoms with van der Waals surface area (Å²) in [6.45, 7) is 5.51. The lowest BCUT2D eigenvalue weighted by Gasteiger charge is -2.26. The monoisotopic (exact) mass is 516 g/mol. The van der Waals surface area contributed by atoms with Crippen LogP contribution in [-0.2, 0) is 18.1 Å². The van der Waals surface area contributed by atoms with Crippen molar-refractivity contribution in [1.82, 2.24) is 0 Å². The van der Waals surface area contributed by atoms with Gasteiger partial charge in [-0.05, 0) is 25.7 Å². The molecule has 0 aromatic rings. The van der Waals surface area contributed by atoms with E-state index in [4.69, 9.17) is 13.6 Å². The Morgan fingerprint density at radius 3 is 1.23 bits per heavy atom. The molecular formula is C30H61O4P. The second-order valence-electron chi connectivity index (χ2n) is 10.8. The van der Waals surface area contributed by atoms with E-state index < -0.39 is 7.82 Å². The first-order valence-corrected chi connectivity index (χ1v) is 17.2. The van der Waals surface area contributed by atoms with Crippen molar-refractivity contribution in [3.05, 3.63) is 0 Å². The first kappa shape index (κ1) is 33.1. The molecule has 1 aliphatic carbocycles. The first-order valence-electron chi connectivity index (χ1n) is 15.8. The molecule has 0 N–H and O–H groups in total. The van der Waals surface area contributed by atoms with Crippen molar-refractivity contribution in [3.8, 4) is 0 Å². The van der Waals surface area contributed by atoms with Gasteiger partial charge in [0, 0.05) is 0 Å². The third-order valence-electron chi connectivity index (χ3n) is 7.32. The molecule has 210 valence electrons. The molecule has 5 heteroatoms. The van der Waals surface area contributed by atoms with Crippen LogP contribution in [0.1, 0.15) is 174 Å². The summed E-state index contributed by atoms with van der Waals surface area (Å²) in [5, 5.41) is 0. The zero-order valence-electron chi connectivity index (χ0n) is 23.7. The minimum absolute atomic E-state index is 0.0370. The highest BCUT2D eigenvalue weighted by molar-refractivity contribution is 7.48. The largest absolute Gasteiger partial charge is 0.475 e. The standard InChI is InChI=1S/C30H61O4P/c1-3-5-7-9-11-13-15-17-19-24-28-32-35(31,34-30-26-22-21-23-27-30)33-29-25-20-18-16-14-12-10-8-6-4-2/h30H,3-29H2,1-2H3. The SMILES string of the molecule is CCCCCCCCCCCCOP(=O)(OCCCCCCCCCCCC)OC1CCCCC1. The van der Waals surface area contributed by atoms with Crippen LogP contribution in [-0.4, -0.2) is 19.3 Å². The third-order valence-corrected chi connectivity index (χ3v) is 8.88. The zero-order valence-corrected chi connectivity index (χ0v) is 24.6. The van der Waals surface area contributed by atoms with Gasteiger partial charge in [-0.3, -0.25) is 13.6 Å². The van der Waals surface area contributed by atoms with Crippen LogP contribution >= 0.6 is 7.82 Å². The van der Waals surface area contributed by atoms with E-state index in [0.29, 0.717) is 13.2 Å². The number of hydrogen-bond donors (Lipinski definition) is 0. The number of phosphoric ester groups is 1. The molecule has 1 aliphatic rings. The van der Waals surface area contributed by atoms with Gasteiger partial charge in [0.05, 0.1) is 19.3 Å². The molecule has 0 amide bonds. The highest BCUT2D eigenvalue weighted by Crippen LogP contribution is 2.52. The van der Waals surface area contributed by atoms with Crippen LogP contribution in [0.2, 0.25) is 0 Å². The van der Waals surface area contributed by atoms with Gasteiger partial charge in [0.15, 0.2) is 0 Å². The predicted molar refractivity (Wildman–Crippen MR) is 151 cm³/mol. The maximum Gasteiger partial charge on any atom is 0.475 e. The van der Waals surface area contributed by atoms with Crippen LogP contribution in [0.15, 0.2) is 0 Å². The Bertz CT molecular complexity index is 449. The zero-order chi connectivity index (χ0) is 25.3. The summed E-state index contributed by atoms with van der Waals surface area (Å²) in [5.41, 5.74) is 0. The average molecular weight is 517 g/mol. The summed E-state index contributed by atoms with van der Waals surface area (Å²) in [6.07, 6.45) is 31.2. The van der Waals surface area contributed by atoms with Gasteiger partial charge in [-0.15, -0.1) is 0 Å². The van der Waals surface area contributed by atoms with Crippen LogP contribution < -0.4 is 0 Å². The Kier molecular flexibility index (Phi) is 23.1. The van der Waals surface area contributed by atoms with E-state index in [1.807, 2.05) is 0 Å². The molecule has 0 bridgehead atoms. The van der Waals surface area contributed by atoms with E-state index in [1.54, 1.807) is 0 Å². The van der Waals surface area contributed by atoms with Crippen LogP contribution in [0.5, 0.6) is 0 Å². The Morgan fingerprint density at radius 1 is 0.514 bits per heavy atom. The molecule has 0 unspecified atom stereocenters. The van der Waals surface area contributed by atoms with E-state index in [0.717, 1.165) is 51.4 Å². The Balaban J connectivity index is 2.15. The average Bonchev–Trinajstić information content (AvgIpc) is 2.86. The van der Waals surface area contributed by atoms with E-state index in [1.165, 1.54) is 109 Å². The van der Waals surface area contributed by atoms with Gasteiger partial charge in [0.2, 0.25) is 0 Å². The molecule has 1 saturated carbocycles. The number of hydrogen-bond acceptors (Lipinski definition) is 4. The summed E-state index contributed by atoms with van der Waals surface area (Å²) < 4.78 is 30.9. The second-order valence-corrected chi connectivity index (χ2v) is 12.5. The normalized spacial score (nSPS) is 15.1. The van der Waals surface area contributed by atoms with Crippen LogP contribution in [0.3, 0.4) is 0 Å². The molecular weight excluding hydrogens is 455 g/mol. The van der Waals surface area contributed by atoms with E-state index in [2.05, 4.69) is 13.8 Å². The molecule has 1 fully saturated rings. The minimum Gasteiger partial charge on any atom is -0.287 e. The van der Waals surface area contributed by atoms with Crippen molar-refractivity contribution in [1.29, 1.82) is 0 Å². The number of phosphoric acid groups is 1. The lowest BCUT2D eigenvalue weighted by Crippen LogP contribution is -2.17. The molecule has 0 heterocycles. The number of unbranched alkanes of at least 4 members (excludes halogenated alkanes) is 18. The third kappa shape index (κ3) is 20.8. The van der Waals surface area contributed by atoms with Crippen LogP contribution in [0, 0.1) is 0 Å². The maximum absolute atomic E-state index is 13.3. The number of rotatable bonds is 26. The van der Waals surface area contributed by atoms with Gasteiger partial charge in [0.25, 0.3) is 0 Å². The highest BCUT2D eigenvalue weighted by Gasteiger charge is 2.31. The van der Waals surface area contributed by atoms with Gasteiger partial charge < -0.3 is 0 Å². The molecule has 0 aromatic carbocycles. The van der Waals surface area contributed by atoms with Gasteiger partial charge in [-0.1, -0.05) is 149 Å². The van der Waals surface area contributed by atoms with Gasteiger partial charge in [-0.2, -0.15) is 0 Å². The highest BCUT2D eigenvalue weighted by atomic mass is 31.2. The Labute approximate surface area is 219 Å². The molecule has 35 heavy (non-hydrogen) atoms. The van der Waals surface area contributed by atoms with Crippen LogP contribution in [0.25, 0.3) is 0 Å². The molecule has 0 aromatic heterocycles. The van der Waals surface area contributed by atoms with E-state index >= 15 is 0 Å². The predicted octanol–water partition coefficient (Wildman–Crippen LogP) is 11.3. The van der Waals surface area contributed by atoms with Gasteiger partial charge in [0.1, 0.15) is 0 Å². The molecule has 4 nitrogen and oxygen atoms in total. The van der Waals surface area contributed by atoms with E-state index in [-0.39, 0.29) is 6.10 Å². The molecule has 0 saturated heterocycles. The molecule has 1 rings (SSSR count). The van der Waals surface area contributed by atoms with Crippen molar-refractivity contribution in [2.45, 2.75) is 180 Å². The fraction of sp³-hybridized carbons (Fsp3) is 1.00. The fourth-order valence-electron chi connectivity index (χ4n) is 4.98. The summed E-state index contributed by atoms with van der Waals surface area (Å²) in [5.74, 6) is 0. The van der Waals surface area contributed by atoms with Gasteiger partial charge >= 0.3 is 7.82 Å². The molecule has 0 spiro atoms. The summed E-state index contributed by atoms with van der Waals surface area (Å²) in [7, 11) is -3.44. The Morgan fingerprint density at radius 2 is 0.857 bits per heavy atom. The summed E-state index contributed by atoms with van der Waals surface area (Å²) in [6, 6.07) is 0. The topological polar surface area (TPSA) is 44.8 Å². The van der Waals surface area contributed by atoms with Gasteiger partial charge in [-0.25, -0.2) is 4.57 Å². The summed E-state index contributed by atoms with van der Waals surface area (Å²) >= 11 is 0. The van der Waals surface area contributed by atoms with Crippen molar-refractivity contribution in [2.24, 2.45) is 0 Å². The molecule has 0 radical (unpaired) electrons. The summed E-state index contributed by atoms with van der Waals surface area (Å²) in [4.78, 5) is 0. The van der Waals surface area contributed by atoms with Crippen molar-refractivity contribution < 1.29 is 18.1 Å². The molecule has 0 aliphatic heterocycles. The quantitative estimate of drug-likeness (QED) is 0.0847.